The lowest BCUT2D eigenvalue weighted by molar-refractivity contribution is -0.0374. The fourth-order valence-corrected chi connectivity index (χ4v) is 3.59. The lowest BCUT2D eigenvalue weighted by Gasteiger charge is -2.35. The molecular formula is C12H22N2O3S. The van der Waals surface area contributed by atoms with Crippen LogP contribution in [0.5, 0.6) is 0 Å². The molecule has 2 atom stereocenters. The largest absolute Gasteiger partial charge is 0.374 e. The molecule has 18 heavy (non-hydrogen) atoms. The molecule has 2 aliphatic rings. The van der Waals surface area contributed by atoms with E-state index in [-0.39, 0.29) is 17.9 Å². The Labute approximate surface area is 109 Å². The summed E-state index contributed by atoms with van der Waals surface area (Å²) in [5.41, 5.74) is 0. The molecule has 5 nitrogen and oxygen atoms in total. The number of nitrogens with one attached hydrogen (secondary N) is 1. The third kappa shape index (κ3) is 3.78. The average Bonchev–Trinajstić information content (AvgIpc) is 2.67. The van der Waals surface area contributed by atoms with Crippen molar-refractivity contribution in [3.05, 3.63) is 11.5 Å². The smallest absolute Gasteiger partial charge is 0.173 e. The van der Waals surface area contributed by atoms with Gasteiger partial charge >= 0.3 is 0 Å². The first kappa shape index (κ1) is 14.0. The van der Waals surface area contributed by atoms with Crippen LogP contribution in [0, 0.1) is 0 Å². The van der Waals surface area contributed by atoms with Crippen molar-refractivity contribution in [3.8, 4) is 0 Å². The van der Waals surface area contributed by atoms with E-state index >= 15 is 0 Å². The molecule has 6 heteroatoms. The van der Waals surface area contributed by atoms with Gasteiger partial charge in [-0.15, -0.1) is 0 Å². The van der Waals surface area contributed by atoms with Crippen molar-refractivity contribution < 1.29 is 13.2 Å². The maximum absolute atomic E-state index is 11.3. The van der Waals surface area contributed by atoms with Gasteiger partial charge in [0.05, 0.1) is 18.5 Å². The van der Waals surface area contributed by atoms with Crippen molar-refractivity contribution in [1.82, 2.24) is 10.2 Å². The maximum atomic E-state index is 11.3. The standard InChI is InChI=1S/C12H22N2O3S/c1-10(2)14-4-5-17-12(8-14)7-13-11-3-6-18(15,16)9-11/h3,6,10-13H,4-5,7-9H2,1-2H3. The van der Waals surface area contributed by atoms with E-state index in [0.29, 0.717) is 12.6 Å². The van der Waals surface area contributed by atoms with Crippen LogP contribution in [-0.4, -0.2) is 63.5 Å². The summed E-state index contributed by atoms with van der Waals surface area (Å²) in [4.78, 5) is 2.39. The zero-order valence-corrected chi connectivity index (χ0v) is 11.8. The highest BCUT2D eigenvalue weighted by atomic mass is 32.2. The van der Waals surface area contributed by atoms with Crippen molar-refractivity contribution in [2.45, 2.75) is 32.0 Å². The quantitative estimate of drug-likeness (QED) is 0.782. The summed E-state index contributed by atoms with van der Waals surface area (Å²) in [6.07, 6.45) is 1.87. The number of morpholine rings is 1. The Bertz CT molecular complexity index is 406. The van der Waals surface area contributed by atoms with Gasteiger partial charge in [-0.1, -0.05) is 6.08 Å². The van der Waals surface area contributed by atoms with Crippen LogP contribution in [0.2, 0.25) is 0 Å². The van der Waals surface area contributed by atoms with E-state index in [0.717, 1.165) is 19.7 Å². The van der Waals surface area contributed by atoms with Crippen LogP contribution < -0.4 is 5.32 Å². The van der Waals surface area contributed by atoms with E-state index in [2.05, 4.69) is 24.1 Å². The average molecular weight is 274 g/mol. The topological polar surface area (TPSA) is 58.6 Å². The third-order valence-corrected chi connectivity index (χ3v) is 4.83. The Morgan fingerprint density at radius 2 is 2.28 bits per heavy atom. The normalized spacial score (nSPS) is 32.2. The molecule has 2 unspecified atom stereocenters. The van der Waals surface area contributed by atoms with Gasteiger partial charge in [0.25, 0.3) is 0 Å². The van der Waals surface area contributed by atoms with E-state index < -0.39 is 9.84 Å². The molecule has 0 bridgehead atoms. The first-order chi connectivity index (χ1) is 8.46. The second-order valence-corrected chi connectivity index (χ2v) is 7.19. The first-order valence-corrected chi connectivity index (χ1v) is 8.18. The molecule has 1 N–H and O–H groups in total. The third-order valence-electron chi connectivity index (χ3n) is 3.44. The Morgan fingerprint density at radius 3 is 2.89 bits per heavy atom. The molecule has 0 amide bonds. The minimum atomic E-state index is -2.97. The van der Waals surface area contributed by atoms with Crippen LogP contribution in [0.1, 0.15) is 13.8 Å². The lowest BCUT2D eigenvalue weighted by Crippen LogP contribution is -2.50. The van der Waals surface area contributed by atoms with Crippen molar-refractivity contribution in [1.29, 1.82) is 0 Å². The van der Waals surface area contributed by atoms with Gasteiger partial charge in [-0.2, -0.15) is 0 Å². The minimum Gasteiger partial charge on any atom is -0.374 e. The van der Waals surface area contributed by atoms with E-state index in [9.17, 15) is 8.42 Å². The first-order valence-electron chi connectivity index (χ1n) is 6.46. The second-order valence-electron chi connectivity index (χ2n) is 5.25. The van der Waals surface area contributed by atoms with Crippen LogP contribution >= 0.6 is 0 Å². The molecule has 0 aromatic rings. The highest BCUT2D eigenvalue weighted by molar-refractivity contribution is 7.94. The monoisotopic (exact) mass is 274 g/mol. The molecule has 104 valence electrons. The van der Waals surface area contributed by atoms with Gasteiger partial charge in [0.2, 0.25) is 0 Å². The van der Waals surface area contributed by atoms with E-state index in [1.807, 2.05) is 0 Å². The Morgan fingerprint density at radius 1 is 1.50 bits per heavy atom. The van der Waals surface area contributed by atoms with Gasteiger partial charge in [0, 0.05) is 37.1 Å². The summed E-state index contributed by atoms with van der Waals surface area (Å²) in [5.74, 6) is 0.174. The van der Waals surface area contributed by atoms with Gasteiger partial charge in [0.15, 0.2) is 9.84 Å². The number of sulfone groups is 1. The number of nitrogens with zero attached hydrogens (tertiary/aromatic N) is 1. The number of hydrogen-bond donors (Lipinski definition) is 1. The van der Waals surface area contributed by atoms with Crippen LogP contribution in [0.4, 0.5) is 0 Å². The highest BCUT2D eigenvalue weighted by Crippen LogP contribution is 2.10. The Balaban J connectivity index is 1.76. The van der Waals surface area contributed by atoms with Crippen molar-refractivity contribution in [3.63, 3.8) is 0 Å². The Kier molecular flexibility index (Phi) is 4.42. The molecular weight excluding hydrogens is 252 g/mol. The maximum Gasteiger partial charge on any atom is 0.173 e. The summed E-state index contributed by atoms with van der Waals surface area (Å²) in [5, 5.41) is 4.55. The molecule has 0 radical (unpaired) electrons. The summed E-state index contributed by atoms with van der Waals surface area (Å²) in [6.45, 7) is 7.71. The van der Waals surface area contributed by atoms with Gasteiger partial charge in [-0.25, -0.2) is 8.42 Å². The SMILES string of the molecule is CC(C)N1CCOC(CNC2C=CS(=O)(=O)C2)C1. The number of hydrogen-bond acceptors (Lipinski definition) is 5. The molecule has 2 aliphatic heterocycles. The fourth-order valence-electron chi connectivity index (χ4n) is 2.32. The van der Waals surface area contributed by atoms with Crippen LogP contribution in [0.25, 0.3) is 0 Å². The van der Waals surface area contributed by atoms with Crippen LogP contribution in [0.15, 0.2) is 11.5 Å². The fraction of sp³-hybridized carbons (Fsp3) is 0.833. The summed E-state index contributed by atoms with van der Waals surface area (Å²) >= 11 is 0. The summed E-state index contributed by atoms with van der Waals surface area (Å²) in [7, 11) is -2.97. The molecule has 0 aromatic heterocycles. The summed E-state index contributed by atoms with van der Waals surface area (Å²) < 4.78 is 28.2. The second kappa shape index (κ2) is 5.69. The molecule has 0 spiro atoms. The molecule has 1 fully saturated rings. The molecule has 0 aromatic carbocycles. The summed E-state index contributed by atoms with van der Waals surface area (Å²) in [6, 6.07) is 0.469. The zero-order valence-electron chi connectivity index (χ0n) is 11.0. The van der Waals surface area contributed by atoms with E-state index in [1.165, 1.54) is 5.41 Å². The predicted octanol–water partition coefficient (Wildman–Crippen LogP) is -0.00410. The molecule has 2 heterocycles. The van der Waals surface area contributed by atoms with Gasteiger partial charge < -0.3 is 10.1 Å². The predicted molar refractivity (Wildman–Crippen MR) is 71.2 cm³/mol. The minimum absolute atomic E-state index is 0.0620. The highest BCUT2D eigenvalue weighted by Gasteiger charge is 2.25. The molecule has 1 saturated heterocycles. The number of ether oxygens (including phenoxy) is 1. The van der Waals surface area contributed by atoms with Gasteiger partial charge in [-0.05, 0) is 13.8 Å². The van der Waals surface area contributed by atoms with Crippen molar-refractivity contribution in [2.75, 3.05) is 32.0 Å². The van der Waals surface area contributed by atoms with E-state index in [4.69, 9.17) is 4.74 Å². The lowest BCUT2D eigenvalue weighted by atomic mass is 10.2. The molecule has 2 rings (SSSR count). The van der Waals surface area contributed by atoms with Crippen LogP contribution in [0.3, 0.4) is 0 Å². The number of rotatable bonds is 4. The zero-order chi connectivity index (χ0) is 13.2. The molecule has 0 aliphatic carbocycles. The molecule has 0 saturated carbocycles. The van der Waals surface area contributed by atoms with Crippen molar-refractivity contribution >= 4 is 9.84 Å². The van der Waals surface area contributed by atoms with Gasteiger partial charge in [-0.3, -0.25) is 4.90 Å². The Hall–Kier alpha value is -0.430. The van der Waals surface area contributed by atoms with Gasteiger partial charge in [0.1, 0.15) is 0 Å². The van der Waals surface area contributed by atoms with E-state index in [1.54, 1.807) is 6.08 Å². The van der Waals surface area contributed by atoms with Crippen LogP contribution in [-0.2, 0) is 14.6 Å². The van der Waals surface area contributed by atoms with Crippen molar-refractivity contribution in [2.24, 2.45) is 0 Å².